The summed E-state index contributed by atoms with van der Waals surface area (Å²) in [4.78, 5) is 27.0. The van der Waals surface area contributed by atoms with Gasteiger partial charge in [0.15, 0.2) is 17.7 Å². The van der Waals surface area contributed by atoms with Gasteiger partial charge in [0.25, 0.3) is 0 Å². The summed E-state index contributed by atoms with van der Waals surface area (Å²) in [6.07, 6.45) is 0.647. The molecule has 3 heterocycles. The minimum absolute atomic E-state index is 0.00585. The third kappa shape index (κ3) is 6.12. The number of ether oxygens (including phenoxy) is 1. The molecule has 1 aliphatic heterocycles. The Labute approximate surface area is 223 Å². The third-order valence-electron chi connectivity index (χ3n) is 7.13. The van der Waals surface area contributed by atoms with Crippen molar-refractivity contribution < 1.29 is 19.7 Å². The second-order valence-electron chi connectivity index (χ2n) is 11.3. The molecule has 0 aliphatic carbocycles. The number of rotatable bonds is 9. The summed E-state index contributed by atoms with van der Waals surface area (Å²) in [6, 6.07) is 7.99. The van der Waals surface area contributed by atoms with E-state index >= 15 is 0 Å². The smallest absolute Gasteiger partial charge is 0.227 e. The van der Waals surface area contributed by atoms with Crippen molar-refractivity contribution in [3.05, 3.63) is 42.5 Å². The first-order valence-electron chi connectivity index (χ1n) is 13.0. The largest absolute Gasteiger partial charge is 0.387 e. The third-order valence-corrected chi connectivity index (χ3v) is 7.13. The van der Waals surface area contributed by atoms with Gasteiger partial charge in [-0.05, 0) is 49.5 Å². The summed E-state index contributed by atoms with van der Waals surface area (Å²) in [5.74, 6) is 0.0854. The number of nitrogen functional groups attached to an aromatic ring is 1. The molecule has 206 valence electrons. The van der Waals surface area contributed by atoms with Crippen LogP contribution >= 0.6 is 0 Å². The molecule has 38 heavy (non-hydrogen) atoms. The fourth-order valence-electron chi connectivity index (χ4n) is 4.68. The minimum atomic E-state index is -1.15. The van der Waals surface area contributed by atoms with Crippen LogP contribution in [-0.4, -0.2) is 79.0 Å². The first kappa shape index (κ1) is 27.9. The maximum atomic E-state index is 12.7. The van der Waals surface area contributed by atoms with Crippen LogP contribution in [0.15, 0.2) is 36.9 Å². The predicted molar refractivity (Wildman–Crippen MR) is 145 cm³/mol. The lowest BCUT2D eigenvalue weighted by atomic mass is 9.87. The van der Waals surface area contributed by atoms with E-state index in [2.05, 4.69) is 53.2 Å². The number of aliphatic hydroxyl groups excluding tert-OH is 2. The zero-order valence-electron chi connectivity index (χ0n) is 22.7. The van der Waals surface area contributed by atoms with E-state index in [1.165, 1.54) is 18.2 Å². The first-order chi connectivity index (χ1) is 18.0. The van der Waals surface area contributed by atoms with Crippen LogP contribution in [0.25, 0.3) is 11.2 Å². The lowest BCUT2D eigenvalue weighted by Crippen LogP contribution is -2.39. The highest BCUT2D eigenvalue weighted by Gasteiger charge is 2.44. The van der Waals surface area contributed by atoms with Gasteiger partial charge in [0.05, 0.1) is 6.33 Å². The Kier molecular flexibility index (Phi) is 8.31. The molecule has 1 aliphatic rings. The topological polar surface area (TPSA) is 152 Å². The summed E-state index contributed by atoms with van der Waals surface area (Å²) in [7, 11) is 1.93. The van der Waals surface area contributed by atoms with Crippen LogP contribution in [0.1, 0.15) is 52.3 Å². The number of imidazole rings is 1. The SMILES string of the molecule is CC(CCCN(C)C[C@H]1O[C@@H](n2cnc3c(N)ncnc32)C(O)C1O)C(=O)Nc1ccc(C(C)(C)C)cc1. The molecule has 3 aromatic rings. The molecule has 1 saturated heterocycles. The van der Waals surface area contributed by atoms with Crippen molar-refractivity contribution in [1.29, 1.82) is 0 Å². The van der Waals surface area contributed by atoms with Gasteiger partial charge in [-0.1, -0.05) is 39.8 Å². The van der Waals surface area contributed by atoms with Gasteiger partial charge in [-0.15, -0.1) is 0 Å². The molecule has 0 bridgehead atoms. The van der Waals surface area contributed by atoms with Crippen molar-refractivity contribution in [2.75, 3.05) is 31.2 Å². The number of hydrogen-bond acceptors (Lipinski definition) is 9. The lowest BCUT2D eigenvalue weighted by Gasteiger charge is -2.23. The number of amides is 1. The second-order valence-corrected chi connectivity index (χ2v) is 11.3. The van der Waals surface area contributed by atoms with Crippen molar-refractivity contribution in [2.45, 2.75) is 70.5 Å². The molecule has 3 unspecified atom stereocenters. The Morgan fingerprint density at radius 2 is 1.89 bits per heavy atom. The molecule has 0 saturated carbocycles. The summed E-state index contributed by atoms with van der Waals surface area (Å²) in [6.45, 7) is 9.53. The molecule has 5 atom stereocenters. The van der Waals surface area contributed by atoms with Gasteiger partial charge in [-0.3, -0.25) is 9.36 Å². The van der Waals surface area contributed by atoms with Crippen molar-refractivity contribution in [2.24, 2.45) is 5.92 Å². The quantitative estimate of drug-likeness (QED) is 0.330. The highest BCUT2D eigenvalue weighted by Crippen LogP contribution is 2.32. The van der Waals surface area contributed by atoms with Gasteiger partial charge in [0.2, 0.25) is 5.91 Å². The molecule has 4 rings (SSSR count). The maximum absolute atomic E-state index is 12.7. The van der Waals surface area contributed by atoms with Gasteiger partial charge >= 0.3 is 0 Å². The Hall–Kier alpha value is -3.12. The van der Waals surface area contributed by atoms with Gasteiger partial charge < -0.3 is 30.9 Å². The molecule has 1 fully saturated rings. The lowest BCUT2D eigenvalue weighted by molar-refractivity contribution is -0.119. The Morgan fingerprint density at radius 3 is 2.58 bits per heavy atom. The highest BCUT2D eigenvalue weighted by molar-refractivity contribution is 5.92. The van der Waals surface area contributed by atoms with E-state index in [-0.39, 0.29) is 23.1 Å². The summed E-state index contributed by atoms with van der Waals surface area (Å²) in [5.41, 5.74) is 8.79. The first-order valence-corrected chi connectivity index (χ1v) is 13.0. The van der Waals surface area contributed by atoms with Crippen molar-refractivity contribution in [3.8, 4) is 0 Å². The van der Waals surface area contributed by atoms with E-state index in [1.54, 1.807) is 4.57 Å². The Morgan fingerprint density at radius 1 is 1.18 bits per heavy atom. The average Bonchev–Trinajstić information content (AvgIpc) is 3.41. The van der Waals surface area contributed by atoms with Crippen LogP contribution < -0.4 is 11.1 Å². The fraction of sp³-hybridized carbons (Fsp3) is 0.556. The molecule has 0 radical (unpaired) electrons. The molecule has 2 aromatic heterocycles. The summed E-state index contributed by atoms with van der Waals surface area (Å²) in [5, 5.41) is 24.3. The number of fused-ring (bicyclic) bond motifs is 1. The van der Waals surface area contributed by atoms with E-state index in [1.807, 2.05) is 31.0 Å². The number of hydrogen-bond donors (Lipinski definition) is 4. The molecular formula is C27H39N7O4. The number of likely N-dealkylation sites (N-methyl/N-ethyl adjacent to an activating group) is 1. The van der Waals surface area contributed by atoms with Gasteiger partial charge in [0, 0.05) is 18.2 Å². The predicted octanol–water partition coefficient (Wildman–Crippen LogP) is 2.31. The van der Waals surface area contributed by atoms with Crippen LogP contribution in [0.4, 0.5) is 11.5 Å². The number of nitrogens with two attached hydrogens (primary N) is 1. The maximum Gasteiger partial charge on any atom is 0.227 e. The molecule has 0 spiro atoms. The number of nitrogens with one attached hydrogen (secondary N) is 1. The fourth-order valence-corrected chi connectivity index (χ4v) is 4.68. The monoisotopic (exact) mass is 525 g/mol. The zero-order chi connectivity index (χ0) is 27.6. The van der Waals surface area contributed by atoms with Crippen molar-refractivity contribution in [1.82, 2.24) is 24.4 Å². The van der Waals surface area contributed by atoms with Crippen LogP contribution in [0.5, 0.6) is 0 Å². The number of anilines is 2. The normalized spacial score (nSPS) is 22.7. The zero-order valence-corrected chi connectivity index (χ0v) is 22.7. The number of nitrogens with zero attached hydrogens (tertiary/aromatic N) is 5. The molecule has 5 N–H and O–H groups in total. The number of aromatic nitrogens is 4. The van der Waals surface area contributed by atoms with E-state index in [9.17, 15) is 15.0 Å². The second kappa shape index (κ2) is 11.3. The Balaban J connectivity index is 1.24. The van der Waals surface area contributed by atoms with Crippen LogP contribution in [0.3, 0.4) is 0 Å². The van der Waals surface area contributed by atoms with E-state index in [0.29, 0.717) is 24.3 Å². The number of aliphatic hydroxyl groups is 2. The van der Waals surface area contributed by atoms with E-state index in [0.717, 1.165) is 18.5 Å². The van der Waals surface area contributed by atoms with Crippen molar-refractivity contribution >= 4 is 28.6 Å². The Bertz CT molecular complexity index is 1240. The molecule has 11 nitrogen and oxygen atoms in total. The number of carbonyl (C=O) groups is 1. The minimum Gasteiger partial charge on any atom is -0.387 e. The summed E-state index contributed by atoms with van der Waals surface area (Å²) < 4.78 is 7.59. The van der Waals surface area contributed by atoms with E-state index < -0.39 is 24.5 Å². The van der Waals surface area contributed by atoms with E-state index in [4.69, 9.17) is 10.5 Å². The molecule has 11 heteroatoms. The number of benzene rings is 1. The molecule has 1 amide bonds. The molecule has 1 aromatic carbocycles. The van der Waals surface area contributed by atoms with Crippen LogP contribution in [-0.2, 0) is 14.9 Å². The molecular weight excluding hydrogens is 486 g/mol. The van der Waals surface area contributed by atoms with Crippen molar-refractivity contribution in [3.63, 3.8) is 0 Å². The van der Waals surface area contributed by atoms with Gasteiger partial charge in [0.1, 0.15) is 30.2 Å². The highest BCUT2D eigenvalue weighted by atomic mass is 16.6. The van der Waals surface area contributed by atoms with Gasteiger partial charge in [-0.25, -0.2) is 15.0 Å². The van der Waals surface area contributed by atoms with Crippen LogP contribution in [0.2, 0.25) is 0 Å². The van der Waals surface area contributed by atoms with Crippen LogP contribution in [0, 0.1) is 5.92 Å². The number of carbonyl (C=O) groups excluding carboxylic acids is 1. The summed E-state index contributed by atoms with van der Waals surface area (Å²) >= 11 is 0. The standard InChI is InChI=1S/C27H39N7O4/c1-16(25(37)32-18-10-8-17(9-11-18)27(2,3)4)7-6-12-33(5)13-19-21(35)22(36)26(38-19)34-15-31-20-23(28)29-14-30-24(20)34/h8-11,14-16,19,21-22,26,35-36H,6-7,12-13H2,1-5H3,(H,32,37)(H2,28,29,30)/t16?,19-,21?,22?,26-/m1/s1. The average molecular weight is 526 g/mol. The van der Waals surface area contributed by atoms with Gasteiger partial charge in [-0.2, -0.15) is 0 Å².